The molecule has 0 aliphatic carbocycles. The molecule has 0 saturated carbocycles. The average Bonchev–Trinajstić information content (AvgIpc) is 2.83. The SMILES string of the molecule is COc1ccc(C(C)(C)C)cc1NC(=O)COC(=O)c1ccccc1Nc1ccc(SC(F)F)cc1. The van der Waals surface area contributed by atoms with Crippen LogP contribution in [0.15, 0.2) is 71.6 Å². The summed E-state index contributed by atoms with van der Waals surface area (Å²) < 4.78 is 35.6. The van der Waals surface area contributed by atoms with Crippen molar-refractivity contribution in [2.75, 3.05) is 24.4 Å². The second-order valence-corrected chi connectivity index (χ2v) is 9.93. The minimum atomic E-state index is -2.50. The summed E-state index contributed by atoms with van der Waals surface area (Å²) in [6.45, 7) is 5.69. The third-order valence-electron chi connectivity index (χ3n) is 5.18. The van der Waals surface area contributed by atoms with Crippen molar-refractivity contribution in [1.82, 2.24) is 0 Å². The molecule has 0 aliphatic heterocycles. The molecule has 3 aromatic carbocycles. The van der Waals surface area contributed by atoms with Gasteiger partial charge in [0.25, 0.3) is 11.7 Å². The Labute approximate surface area is 213 Å². The van der Waals surface area contributed by atoms with Gasteiger partial charge in [-0.2, -0.15) is 8.78 Å². The zero-order valence-electron chi connectivity index (χ0n) is 20.4. The van der Waals surface area contributed by atoms with Crippen molar-refractivity contribution in [2.24, 2.45) is 0 Å². The maximum Gasteiger partial charge on any atom is 0.340 e. The smallest absolute Gasteiger partial charge is 0.340 e. The van der Waals surface area contributed by atoms with Gasteiger partial charge in [-0.15, -0.1) is 0 Å². The second-order valence-electron chi connectivity index (χ2n) is 8.86. The van der Waals surface area contributed by atoms with Crippen molar-refractivity contribution >= 4 is 40.7 Å². The number of benzene rings is 3. The number of amides is 1. The number of hydrogen-bond acceptors (Lipinski definition) is 6. The molecule has 0 fully saturated rings. The van der Waals surface area contributed by atoms with Crippen LogP contribution >= 0.6 is 11.8 Å². The fraction of sp³-hybridized carbons (Fsp3) is 0.259. The lowest BCUT2D eigenvalue weighted by atomic mass is 9.87. The summed E-state index contributed by atoms with van der Waals surface area (Å²) in [4.78, 5) is 25.7. The van der Waals surface area contributed by atoms with Crippen LogP contribution in [0.1, 0.15) is 36.7 Å². The summed E-state index contributed by atoms with van der Waals surface area (Å²) in [7, 11) is 1.51. The third kappa shape index (κ3) is 7.45. The first-order valence-electron chi connectivity index (χ1n) is 11.1. The van der Waals surface area contributed by atoms with E-state index in [1.807, 2.05) is 12.1 Å². The van der Waals surface area contributed by atoms with Crippen molar-refractivity contribution in [2.45, 2.75) is 36.8 Å². The van der Waals surface area contributed by atoms with Gasteiger partial charge in [0.1, 0.15) is 5.75 Å². The predicted octanol–water partition coefficient (Wildman–Crippen LogP) is 6.85. The standard InChI is InChI=1S/C27H28F2N2O4S/c1-27(2,3)17-9-14-23(34-4)22(15-17)31-24(32)16-35-25(33)20-7-5-6-8-21(20)30-18-10-12-19(13-11-18)36-26(28)29/h5-15,26,30H,16H2,1-4H3,(H,31,32). The van der Waals surface area contributed by atoms with Crippen molar-refractivity contribution in [3.63, 3.8) is 0 Å². The lowest BCUT2D eigenvalue weighted by Crippen LogP contribution is -2.22. The molecule has 9 heteroatoms. The number of ether oxygens (including phenoxy) is 2. The first-order chi connectivity index (χ1) is 17.1. The zero-order valence-corrected chi connectivity index (χ0v) is 21.2. The molecule has 3 aromatic rings. The molecule has 190 valence electrons. The highest BCUT2D eigenvalue weighted by Crippen LogP contribution is 2.32. The Morgan fingerprint density at radius 1 is 0.972 bits per heavy atom. The van der Waals surface area contributed by atoms with Crippen LogP contribution in [0.5, 0.6) is 5.75 Å². The van der Waals surface area contributed by atoms with Crippen molar-refractivity contribution < 1.29 is 27.8 Å². The molecule has 0 saturated heterocycles. The minimum Gasteiger partial charge on any atom is -0.495 e. The molecule has 0 atom stereocenters. The first-order valence-corrected chi connectivity index (χ1v) is 12.0. The summed E-state index contributed by atoms with van der Waals surface area (Å²) in [5.41, 5.74) is 2.66. The number of methoxy groups -OCH3 is 1. The molecule has 6 nitrogen and oxygen atoms in total. The van der Waals surface area contributed by atoms with E-state index < -0.39 is 24.2 Å². The predicted molar refractivity (Wildman–Crippen MR) is 139 cm³/mol. The van der Waals surface area contributed by atoms with Gasteiger partial charge in [0.2, 0.25) is 0 Å². The van der Waals surface area contributed by atoms with Crippen LogP contribution in [0.25, 0.3) is 0 Å². The van der Waals surface area contributed by atoms with Gasteiger partial charge in [-0.1, -0.05) is 50.7 Å². The van der Waals surface area contributed by atoms with E-state index in [0.717, 1.165) is 5.56 Å². The summed E-state index contributed by atoms with van der Waals surface area (Å²) >= 11 is 0.454. The molecule has 0 spiro atoms. The number of anilines is 3. The van der Waals surface area contributed by atoms with Crippen LogP contribution in [-0.4, -0.2) is 31.4 Å². The number of carbonyl (C=O) groups excluding carboxylic acids is 2. The highest BCUT2D eigenvalue weighted by molar-refractivity contribution is 7.99. The van der Waals surface area contributed by atoms with Gasteiger partial charge in [0.05, 0.1) is 24.0 Å². The molecule has 0 bridgehead atoms. The topological polar surface area (TPSA) is 76.7 Å². The molecular weight excluding hydrogens is 486 g/mol. The number of halogens is 2. The van der Waals surface area contributed by atoms with Gasteiger partial charge >= 0.3 is 5.97 Å². The van der Waals surface area contributed by atoms with Crippen LogP contribution in [0.2, 0.25) is 0 Å². The Morgan fingerprint density at radius 3 is 2.31 bits per heavy atom. The normalized spacial score (nSPS) is 11.2. The van der Waals surface area contributed by atoms with Crippen LogP contribution in [0.3, 0.4) is 0 Å². The molecule has 1 amide bonds. The molecular formula is C27H28F2N2O4S. The summed E-state index contributed by atoms with van der Waals surface area (Å²) in [5, 5.41) is 5.82. The molecule has 2 N–H and O–H groups in total. The second kappa shape index (κ2) is 11.9. The van der Waals surface area contributed by atoms with Gasteiger partial charge in [0.15, 0.2) is 6.61 Å². The van der Waals surface area contributed by atoms with Gasteiger partial charge in [-0.05, 0) is 59.5 Å². The van der Waals surface area contributed by atoms with Crippen LogP contribution in [0, 0.1) is 0 Å². The van der Waals surface area contributed by atoms with Crippen molar-refractivity contribution in [3.8, 4) is 5.75 Å². The lowest BCUT2D eigenvalue weighted by Gasteiger charge is -2.21. The van der Waals surface area contributed by atoms with Gasteiger partial charge in [0, 0.05) is 10.6 Å². The minimum absolute atomic E-state index is 0.128. The van der Waals surface area contributed by atoms with E-state index in [0.29, 0.717) is 39.5 Å². The maximum atomic E-state index is 12.7. The number of nitrogens with one attached hydrogen (secondary N) is 2. The van der Waals surface area contributed by atoms with Gasteiger partial charge in [-0.25, -0.2) is 4.79 Å². The highest BCUT2D eigenvalue weighted by atomic mass is 32.2. The molecule has 0 unspecified atom stereocenters. The number of para-hydroxylation sites is 1. The third-order valence-corrected chi connectivity index (χ3v) is 5.90. The molecule has 36 heavy (non-hydrogen) atoms. The average molecular weight is 515 g/mol. The van der Waals surface area contributed by atoms with Crippen LogP contribution in [0.4, 0.5) is 25.8 Å². The Morgan fingerprint density at radius 2 is 1.67 bits per heavy atom. The maximum absolute atomic E-state index is 12.7. The van der Waals surface area contributed by atoms with E-state index in [4.69, 9.17) is 9.47 Å². The summed E-state index contributed by atoms with van der Waals surface area (Å²) in [6, 6.07) is 18.6. The monoisotopic (exact) mass is 514 g/mol. The number of esters is 1. The van der Waals surface area contributed by atoms with Crippen molar-refractivity contribution in [1.29, 1.82) is 0 Å². The van der Waals surface area contributed by atoms with E-state index in [1.54, 1.807) is 54.6 Å². The molecule has 0 aliphatic rings. The Bertz CT molecular complexity index is 1210. The number of thioether (sulfide) groups is 1. The fourth-order valence-corrected chi connectivity index (χ4v) is 3.81. The number of alkyl halides is 2. The molecule has 0 aromatic heterocycles. The Balaban J connectivity index is 1.65. The van der Waals surface area contributed by atoms with E-state index in [9.17, 15) is 18.4 Å². The van der Waals surface area contributed by atoms with Gasteiger partial charge < -0.3 is 20.1 Å². The Hall–Kier alpha value is -3.59. The largest absolute Gasteiger partial charge is 0.495 e. The van der Waals surface area contributed by atoms with Crippen LogP contribution < -0.4 is 15.4 Å². The summed E-state index contributed by atoms with van der Waals surface area (Å²) in [5.74, 6) is -3.20. The zero-order chi connectivity index (χ0) is 26.3. The van der Waals surface area contributed by atoms with Crippen LogP contribution in [-0.2, 0) is 14.9 Å². The highest BCUT2D eigenvalue weighted by Gasteiger charge is 2.19. The molecule has 3 rings (SSSR count). The number of carbonyl (C=O) groups is 2. The quantitative estimate of drug-likeness (QED) is 0.240. The first kappa shape index (κ1) is 27.0. The van der Waals surface area contributed by atoms with E-state index >= 15 is 0 Å². The fourth-order valence-electron chi connectivity index (χ4n) is 3.31. The van der Waals surface area contributed by atoms with Gasteiger partial charge in [-0.3, -0.25) is 4.79 Å². The number of rotatable bonds is 9. The van der Waals surface area contributed by atoms with Crippen molar-refractivity contribution in [3.05, 3.63) is 77.9 Å². The van der Waals surface area contributed by atoms with E-state index in [2.05, 4.69) is 31.4 Å². The lowest BCUT2D eigenvalue weighted by molar-refractivity contribution is -0.119. The number of hydrogen-bond donors (Lipinski definition) is 2. The molecule has 0 heterocycles. The van der Waals surface area contributed by atoms with E-state index in [-0.39, 0.29) is 11.0 Å². The molecule has 0 radical (unpaired) electrons. The Kier molecular flexibility index (Phi) is 8.93. The van der Waals surface area contributed by atoms with E-state index in [1.165, 1.54) is 7.11 Å². The summed E-state index contributed by atoms with van der Waals surface area (Å²) in [6.07, 6.45) is 0.